The number of hydrogen-bond donors (Lipinski definition) is 3. The second kappa shape index (κ2) is 6.23. The molecule has 1 aromatic carbocycles. The molecule has 1 aromatic rings. The highest BCUT2D eigenvalue weighted by Crippen LogP contribution is 2.28. The first kappa shape index (κ1) is 14.1. The van der Waals surface area contributed by atoms with Crippen LogP contribution in [0.4, 0.5) is 0 Å². The summed E-state index contributed by atoms with van der Waals surface area (Å²) in [5, 5.41) is 15.5. The van der Waals surface area contributed by atoms with Crippen LogP contribution in [-0.2, 0) is 0 Å². The molecule has 1 aliphatic heterocycles. The molecule has 2 rings (SSSR count). The van der Waals surface area contributed by atoms with Gasteiger partial charge >= 0.3 is 0 Å². The summed E-state index contributed by atoms with van der Waals surface area (Å²) in [6.45, 7) is 0.729. The lowest BCUT2D eigenvalue weighted by atomic mass is 10.1. The second-order valence-corrected chi connectivity index (χ2v) is 4.92. The predicted octanol–water partition coefficient (Wildman–Crippen LogP) is 0.801. The van der Waals surface area contributed by atoms with E-state index >= 15 is 0 Å². The lowest BCUT2D eigenvalue weighted by molar-refractivity contribution is 0.0936. The van der Waals surface area contributed by atoms with E-state index in [2.05, 4.69) is 10.6 Å². The molecule has 0 unspecified atom stereocenters. The number of methoxy groups -OCH3 is 1. The number of nitrogens with one attached hydrogen (secondary N) is 2. The van der Waals surface area contributed by atoms with E-state index in [1.807, 2.05) is 0 Å². The van der Waals surface area contributed by atoms with Crippen LogP contribution in [0.3, 0.4) is 0 Å². The van der Waals surface area contributed by atoms with Crippen molar-refractivity contribution in [3.8, 4) is 5.75 Å². The molecule has 0 spiro atoms. The van der Waals surface area contributed by atoms with Gasteiger partial charge in [0.1, 0.15) is 5.75 Å². The maximum atomic E-state index is 12.2. The van der Waals surface area contributed by atoms with Gasteiger partial charge < -0.3 is 20.5 Å². The molecule has 1 heterocycles. The molecular formula is C13H17ClN2O3. The van der Waals surface area contributed by atoms with Crippen LogP contribution in [0.25, 0.3) is 0 Å². The van der Waals surface area contributed by atoms with E-state index in [1.54, 1.807) is 18.2 Å². The minimum absolute atomic E-state index is 0.00772. The Morgan fingerprint density at radius 2 is 2.42 bits per heavy atom. The van der Waals surface area contributed by atoms with Crippen LogP contribution in [0.5, 0.6) is 5.75 Å². The largest absolute Gasteiger partial charge is 0.494 e. The van der Waals surface area contributed by atoms with Crippen molar-refractivity contribution in [2.24, 2.45) is 0 Å². The molecule has 2 atom stereocenters. The molecule has 5 nitrogen and oxygen atoms in total. The molecule has 1 fully saturated rings. The van der Waals surface area contributed by atoms with Gasteiger partial charge in [-0.2, -0.15) is 0 Å². The van der Waals surface area contributed by atoms with Gasteiger partial charge in [-0.15, -0.1) is 0 Å². The fourth-order valence-corrected chi connectivity index (χ4v) is 2.48. The molecule has 0 saturated carbocycles. The first-order valence-corrected chi connectivity index (χ1v) is 6.51. The van der Waals surface area contributed by atoms with Crippen LogP contribution in [-0.4, -0.2) is 43.4 Å². The van der Waals surface area contributed by atoms with E-state index in [9.17, 15) is 4.79 Å². The molecule has 1 aliphatic rings. The maximum absolute atomic E-state index is 12.2. The topological polar surface area (TPSA) is 70.6 Å². The zero-order chi connectivity index (χ0) is 13.8. The average molecular weight is 285 g/mol. The molecule has 19 heavy (non-hydrogen) atoms. The number of aliphatic hydroxyl groups excluding tert-OH is 1. The summed E-state index contributed by atoms with van der Waals surface area (Å²) in [7, 11) is 1.48. The summed E-state index contributed by atoms with van der Waals surface area (Å²) >= 11 is 5.99. The highest BCUT2D eigenvalue weighted by atomic mass is 35.5. The van der Waals surface area contributed by atoms with Crippen molar-refractivity contribution in [2.45, 2.75) is 18.5 Å². The summed E-state index contributed by atoms with van der Waals surface area (Å²) in [5.41, 5.74) is 0.419. The Bertz CT molecular complexity index is 467. The SMILES string of the molecule is COc1c(Cl)cccc1C(=O)N[C@@H]1CN[C@H](CO)C1. The highest BCUT2D eigenvalue weighted by molar-refractivity contribution is 6.32. The summed E-state index contributed by atoms with van der Waals surface area (Å²) in [6, 6.07) is 5.12. The monoisotopic (exact) mass is 284 g/mol. The van der Waals surface area contributed by atoms with E-state index in [1.165, 1.54) is 7.11 Å². The van der Waals surface area contributed by atoms with Crippen molar-refractivity contribution in [1.82, 2.24) is 10.6 Å². The number of halogens is 1. The van der Waals surface area contributed by atoms with Crippen molar-refractivity contribution in [3.63, 3.8) is 0 Å². The lowest BCUT2D eigenvalue weighted by Crippen LogP contribution is -2.36. The first-order chi connectivity index (χ1) is 9.15. The smallest absolute Gasteiger partial charge is 0.255 e. The number of para-hydroxylation sites is 1. The van der Waals surface area contributed by atoms with Crippen molar-refractivity contribution < 1.29 is 14.6 Å². The Kier molecular flexibility index (Phi) is 4.63. The minimum atomic E-state index is -0.218. The quantitative estimate of drug-likeness (QED) is 0.765. The van der Waals surface area contributed by atoms with Crippen molar-refractivity contribution >= 4 is 17.5 Å². The lowest BCUT2D eigenvalue weighted by Gasteiger charge is -2.14. The summed E-state index contributed by atoms with van der Waals surface area (Å²) in [6.07, 6.45) is 0.713. The zero-order valence-electron chi connectivity index (χ0n) is 10.6. The number of ether oxygens (including phenoxy) is 1. The van der Waals surface area contributed by atoms with Gasteiger partial charge in [0.25, 0.3) is 5.91 Å². The number of hydrogen-bond acceptors (Lipinski definition) is 4. The van der Waals surface area contributed by atoms with E-state index in [0.29, 0.717) is 29.3 Å². The van der Waals surface area contributed by atoms with Gasteiger partial charge in [-0.05, 0) is 18.6 Å². The average Bonchev–Trinajstić information content (AvgIpc) is 2.86. The third-order valence-corrected chi connectivity index (χ3v) is 3.49. The van der Waals surface area contributed by atoms with Gasteiger partial charge in [-0.25, -0.2) is 0 Å². The number of carbonyl (C=O) groups is 1. The highest BCUT2D eigenvalue weighted by Gasteiger charge is 2.26. The third kappa shape index (κ3) is 3.18. The molecule has 0 aromatic heterocycles. The molecule has 0 aliphatic carbocycles. The number of aliphatic hydroxyl groups is 1. The molecule has 0 bridgehead atoms. The standard InChI is InChI=1S/C13H17ClN2O3/c1-19-12-10(3-2-4-11(12)14)13(18)16-8-5-9(7-17)15-6-8/h2-4,8-9,15,17H,5-7H2,1H3,(H,16,18)/t8-,9-/m0/s1. The van der Waals surface area contributed by atoms with E-state index in [0.717, 1.165) is 0 Å². The number of benzene rings is 1. The van der Waals surface area contributed by atoms with Crippen LogP contribution in [0.2, 0.25) is 5.02 Å². The molecule has 0 radical (unpaired) electrons. The van der Waals surface area contributed by atoms with E-state index in [-0.39, 0.29) is 24.6 Å². The number of carbonyl (C=O) groups excluding carboxylic acids is 1. The summed E-state index contributed by atoms with van der Waals surface area (Å²) < 4.78 is 5.16. The van der Waals surface area contributed by atoms with Gasteiger partial charge in [-0.3, -0.25) is 4.79 Å². The van der Waals surface area contributed by atoms with Gasteiger partial charge in [0.15, 0.2) is 0 Å². The number of amides is 1. The van der Waals surface area contributed by atoms with Crippen LogP contribution in [0.1, 0.15) is 16.8 Å². The molecular weight excluding hydrogens is 268 g/mol. The zero-order valence-corrected chi connectivity index (χ0v) is 11.4. The van der Waals surface area contributed by atoms with Crippen molar-refractivity contribution in [1.29, 1.82) is 0 Å². The van der Waals surface area contributed by atoms with Gasteiger partial charge in [0.2, 0.25) is 0 Å². The second-order valence-electron chi connectivity index (χ2n) is 4.51. The minimum Gasteiger partial charge on any atom is -0.494 e. The van der Waals surface area contributed by atoms with Gasteiger partial charge in [0, 0.05) is 18.6 Å². The van der Waals surface area contributed by atoms with Gasteiger partial charge in [-0.1, -0.05) is 17.7 Å². The molecule has 6 heteroatoms. The predicted molar refractivity (Wildman–Crippen MR) is 72.8 cm³/mol. The molecule has 1 amide bonds. The van der Waals surface area contributed by atoms with E-state index in [4.69, 9.17) is 21.4 Å². The fourth-order valence-electron chi connectivity index (χ4n) is 2.23. The Morgan fingerprint density at radius 3 is 3.05 bits per heavy atom. The summed E-state index contributed by atoms with van der Waals surface area (Å²) in [5.74, 6) is 0.163. The van der Waals surface area contributed by atoms with Crippen molar-refractivity contribution in [2.75, 3.05) is 20.3 Å². The van der Waals surface area contributed by atoms with Crippen LogP contribution < -0.4 is 15.4 Å². The number of rotatable bonds is 4. The summed E-state index contributed by atoms with van der Waals surface area (Å²) in [4.78, 5) is 12.2. The first-order valence-electron chi connectivity index (χ1n) is 6.13. The maximum Gasteiger partial charge on any atom is 0.255 e. The van der Waals surface area contributed by atoms with Crippen LogP contribution in [0.15, 0.2) is 18.2 Å². The Balaban J connectivity index is 2.06. The third-order valence-electron chi connectivity index (χ3n) is 3.19. The molecule has 1 saturated heterocycles. The van der Waals surface area contributed by atoms with Crippen LogP contribution in [0, 0.1) is 0 Å². The fraction of sp³-hybridized carbons (Fsp3) is 0.462. The molecule has 3 N–H and O–H groups in total. The Hall–Kier alpha value is -1.30. The Labute approximate surface area is 116 Å². The van der Waals surface area contributed by atoms with E-state index < -0.39 is 0 Å². The Morgan fingerprint density at radius 1 is 1.63 bits per heavy atom. The van der Waals surface area contributed by atoms with Gasteiger partial charge in [0.05, 0.1) is 24.3 Å². The van der Waals surface area contributed by atoms with Crippen molar-refractivity contribution in [3.05, 3.63) is 28.8 Å². The van der Waals surface area contributed by atoms with Crippen LogP contribution >= 0.6 is 11.6 Å². The molecule has 104 valence electrons. The normalized spacial score (nSPS) is 22.3.